The summed E-state index contributed by atoms with van der Waals surface area (Å²) in [7, 11) is 1.59. The molecule has 1 unspecified atom stereocenters. The maximum absolute atomic E-state index is 11.9. The molecule has 5 heteroatoms. The van der Waals surface area contributed by atoms with E-state index in [1.807, 2.05) is 13.8 Å². The molecule has 0 heterocycles. The number of esters is 1. The van der Waals surface area contributed by atoms with Gasteiger partial charge in [-0.25, -0.2) is 4.79 Å². The molecule has 0 aromatic rings. The highest BCUT2D eigenvalue weighted by molar-refractivity contribution is 5.88. The third kappa shape index (κ3) is 5.04. The highest BCUT2D eigenvalue weighted by Gasteiger charge is 2.39. The Morgan fingerprint density at radius 1 is 1.33 bits per heavy atom. The molecule has 106 valence electrons. The molecule has 1 atom stereocenters. The van der Waals surface area contributed by atoms with Crippen molar-refractivity contribution in [2.75, 3.05) is 20.3 Å². The Balaban J connectivity index is 4.51. The van der Waals surface area contributed by atoms with Gasteiger partial charge in [0, 0.05) is 20.1 Å². The molecule has 0 aliphatic carbocycles. The Labute approximate surface area is 109 Å². The Kier molecular flexibility index (Phi) is 7.59. The van der Waals surface area contributed by atoms with Crippen molar-refractivity contribution in [1.29, 1.82) is 0 Å². The van der Waals surface area contributed by atoms with Crippen molar-refractivity contribution in [3.05, 3.63) is 0 Å². The van der Waals surface area contributed by atoms with Crippen molar-refractivity contribution in [2.24, 2.45) is 5.92 Å². The van der Waals surface area contributed by atoms with Gasteiger partial charge in [-0.3, -0.25) is 4.79 Å². The van der Waals surface area contributed by atoms with Crippen LogP contribution in [-0.2, 0) is 19.1 Å². The number of amides is 1. The van der Waals surface area contributed by atoms with Gasteiger partial charge in [-0.2, -0.15) is 0 Å². The van der Waals surface area contributed by atoms with E-state index in [2.05, 4.69) is 5.32 Å². The standard InChI is InChI=1S/C13H25NO4/c1-6-18-12(16)13(4,10(2)3)14-11(15)8-7-9-17-5/h10H,6-9H2,1-5H3,(H,14,15). The van der Waals surface area contributed by atoms with Crippen LogP contribution in [0.4, 0.5) is 0 Å². The van der Waals surface area contributed by atoms with Gasteiger partial charge in [-0.1, -0.05) is 13.8 Å². The third-order valence-electron chi connectivity index (χ3n) is 3.01. The third-order valence-corrected chi connectivity index (χ3v) is 3.01. The second kappa shape index (κ2) is 8.08. The molecule has 0 aliphatic rings. The van der Waals surface area contributed by atoms with Gasteiger partial charge in [0.15, 0.2) is 0 Å². The lowest BCUT2D eigenvalue weighted by atomic mass is 9.88. The van der Waals surface area contributed by atoms with Gasteiger partial charge < -0.3 is 14.8 Å². The van der Waals surface area contributed by atoms with Crippen molar-refractivity contribution < 1.29 is 19.1 Å². The number of carbonyl (C=O) groups excluding carboxylic acids is 2. The van der Waals surface area contributed by atoms with E-state index in [0.717, 1.165) is 0 Å². The highest BCUT2D eigenvalue weighted by atomic mass is 16.5. The Bertz CT molecular complexity index is 278. The molecule has 0 saturated heterocycles. The second-order valence-corrected chi connectivity index (χ2v) is 4.72. The Morgan fingerprint density at radius 2 is 1.94 bits per heavy atom. The van der Waals surface area contributed by atoms with E-state index in [1.54, 1.807) is 21.0 Å². The van der Waals surface area contributed by atoms with E-state index in [1.165, 1.54) is 0 Å². The summed E-state index contributed by atoms with van der Waals surface area (Å²) in [6.07, 6.45) is 0.981. The molecule has 1 amide bonds. The zero-order valence-electron chi connectivity index (χ0n) is 12.0. The highest BCUT2D eigenvalue weighted by Crippen LogP contribution is 2.18. The van der Waals surface area contributed by atoms with Crippen molar-refractivity contribution >= 4 is 11.9 Å². The van der Waals surface area contributed by atoms with Crippen molar-refractivity contribution in [2.45, 2.75) is 46.1 Å². The summed E-state index contributed by atoms with van der Waals surface area (Å²) in [5.74, 6) is -0.584. The molecule has 0 radical (unpaired) electrons. The van der Waals surface area contributed by atoms with Crippen molar-refractivity contribution in [1.82, 2.24) is 5.32 Å². The minimum atomic E-state index is -0.972. The summed E-state index contributed by atoms with van der Waals surface area (Å²) < 4.78 is 9.90. The van der Waals surface area contributed by atoms with Crippen LogP contribution in [0, 0.1) is 5.92 Å². The van der Waals surface area contributed by atoms with Crippen LogP contribution in [0.2, 0.25) is 0 Å². The first kappa shape index (κ1) is 16.9. The predicted molar refractivity (Wildman–Crippen MR) is 69.1 cm³/mol. The lowest BCUT2D eigenvalue weighted by Crippen LogP contribution is -2.56. The summed E-state index contributed by atoms with van der Waals surface area (Å²) in [4.78, 5) is 23.7. The number of methoxy groups -OCH3 is 1. The molecular formula is C13H25NO4. The van der Waals surface area contributed by atoms with E-state index in [4.69, 9.17) is 9.47 Å². The summed E-state index contributed by atoms with van der Waals surface area (Å²) >= 11 is 0. The summed E-state index contributed by atoms with van der Waals surface area (Å²) in [5.41, 5.74) is -0.972. The van der Waals surface area contributed by atoms with Gasteiger partial charge >= 0.3 is 5.97 Å². The summed E-state index contributed by atoms with van der Waals surface area (Å²) in [5, 5.41) is 2.77. The number of carbonyl (C=O) groups is 2. The first-order chi connectivity index (χ1) is 8.38. The fourth-order valence-corrected chi connectivity index (χ4v) is 1.44. The fraction of sp³-hybridized carbons (Fsp3) is 0.846. The van der Waals surface area contributed by atoms with E-state index < -0.39 is 5.54 Å². The molecule has 0 spiro atoms. The van der Waals surface area contributed by atoms with E-state index in [-0.39, 0.29) is 17.8 Å². The Morgan fingerprint density at radius 3 is 2.39 bits per heavy atom. The monoisotopic (exact) mass is 259 g/mol. The number of hydrogen-bond acceptors (Lipinski definition) is 4. The lowest BCUT2D eigenvalue weighted by molar-refractivity contribution is -0.154. The number of nitrogens with one attached hydrogen (secondary N) is 1. The zero-order chi connectivity index (χ0) is 14.2. The first-order valence-electron chi connectivity index (χ1n) is 6.35. The van der Waals surface area contributed by atoms with Crippen LogP contribution in [0.15, 0.2) is 0 Å². The molecule has 0 bridgehead atoms. The SMILES string of the molecule is CCOC(=O)C(C)(NC(=O)CCCOC)C(C)C. The summed E-state index contributed by atoms with van der Waals surface area (Å²) in [6, 6.07) is 0. The molecule has 0 fully saturated rings. The topological polar surface area (TPSA) is 64.6 Å². The lowest BCUT2D eigenvalue weighted by Gasteiger charge is -2.32. The molecule has 0 aliphatic heterocycles. The van der Waals surface area contributed by atoms with E-state index >= 15 is 0 Å². The number of rotatable bonds is 8. The van der Waals surface area contributed by atoms with Gasteiger partial charge in [-0.05, 0) is 26.2 Å². The predicted octanol–water partition coefficient (Wildman–Crippen LogP) is 1.51. The van der Waals surface area contributed by atoms with Gasteiger partial charge in [0.1, 0.15) is 5.54 Å². The van der Waals surface area contributed by atoms with Gasteiger partial charge in [-0.15, -0.1) is 0 Å². The smallest absolute Gasteiger partial charge is 0.331 e. The van der Waals surface area contributed by atoms with E-state index in [9.17, 15) is 9.59 Å². The molecule has 18 heavy (non-hydrogen) atoms. The van der Waals surface area contributed by atoms with Crippen LogP contribution < -0.4 is 5.32 Å². The minimum Gasteiger partial charge on any atom is -0.464 e. The van der Waals surface area contributed by atoms with Crippen LogP contribution in [0.1, 0.15) is 40.5 Å². The van der Waals surface area contributed by atoms with Crippen LogP contribution in [0.3, 0.4) is 0 Å². The molecule has 0 rings (SSSR count). The summed E-state index contributed by atoms with van der Waals surface area (Å²) in [6.45, 7) is 8.05. The van der Waals surface area contributed by atoms with Gasteiger partial charge in [0.2, 0.25) is 5.91 Å². The largest absolute Gasteiger partial charge is 0.464 e. The van der Waals surface area contributed by atoms with E-state index in [0.29, 0.717) is 26.1 Å². The molecular weight excluding hydrogens is 234 g/mol. The van der Waals surface area contributed by atoms with Gasteiger partial charge in [0.25, 0.3) is 0 Å². The van der Waals surface area contributed by atoms with Crippen molar-refractivity contribution in [3.63, 3.8) is 0 Å². The quantitative estimate of drug-likeness (QED) is 0.530. The number of ether oxygens (including phenoxy) is 2. The zero-order valence-corrected chi connectivity index (χ0v) is 12.0. The average Bonchev–Trinajstić information content (AvgIpc) is 2.29. The van der Waals surface area contributed by atoms with Crippen LogP contribution in [0.25, 0.3) is 0 Å². The fourth-order valence-electron chi connectivity index (χ4n) is 1.44. The second-order valence-electron chi connectivity index (χ2n) is 4.72. The maximum atomic E-state index is 11.9. The molecule has 0 aromatic heterocycles. The van der Waals surface area contributed by atoms with Crippen LogP contribution in [-0.4, -0.2) is 37.7 Å². The number of hydrogen-bond donors (Lipinski definition) is 1. The first-order valence-corrected chi connectivity index (χ1v) is 6.35. The minimum absolute atomic E-state index is 0.0390. The van der Waals surface area contributed by atoms with Gasteiger partial charge in [0.05, 0.1) is 6.61 Å². The molecule has 0 aromatic carbocycles. The van der Waals surface area contributed by atoms with Crippen LogP contribution in [0.5, 0.6) is 0 Å². The molecule has 5 nitrogen and oxygen atoms in total. The molecule has 1 N–H and O–H groups in total. The normalized spacial score (nSPS) is 14.1. The molecule has 0 saturated carbocycles. The Hall–Kier alpha value is -1.10. The average molecular weight is 259 g/mol. The van der Waals surface area contributed by atoms with Crippen LogP contribution >= 0.6 is 0 Å². The maximum Gasteiger partial charge on any atom is 0.331 e. The van der Waals surface area contributed by atoms with Crippen molar-refractivity contribution in [3.8, 4) is 0 Å².